The molecule has 0 N–H and O–H groups in total. The summed E-state index contributed by atoms with van der Waals surface area (Å²) in [5.74, 6) is 1.66. The van der Waals surface area contributed by atoms with E-state index in [1.54, 1.807) is 0 Å². The van der Waals surface area contributed by atoms with Crippen LogP contribution < -0.4 is 0 Å². The molecule has 4 saturated carbocycles. The van der Waals surface area contributed by atoms with E-state index in [-0.39, 0.29) is 11.0 Å². The summed E-state index contributed by atoms with van der Waals surface area (Å²) in [5.41, 5.74) is 3.00. The van der Waals surface area contributed by atoms with Gasteiger partial charge in [-0.15, -0.1) is 0 Å². The van der Waals surface area contributed by atoms with E-state index in [0.717, 1.165) is 11.8 Å². The molecule has 0 aromatic heterocycles. The van der Waals surface area contributed by atoms with Crippen molar-refractivity contribution in [2.45, 2.75) is 43.1 Å². The molecular weight excluding hydrogens is 232 g/mol. The van der Waals surface area contributed by atoms with Crippen LogP contribution in [0, 0.1) is 11.8 Å². The molecule has 4 fully saturated rings. The Morgan fingerprint density at radius 2 is 1.68 bits per heavy atom. The molecule has 4 aliphatic carbocycles. The van der Waals surface area contributed by atoms with E-state index in [1.807, 2.05) is 7.11 Å². The van der Waals surface area contributed by atoms with Crippen LogP contribution >= 0.6 is 0 Å². The van der Waals surface area contributed by atoms with Gasteiger partial charge in [0, 0.05) is 12.5 Å². The fourth-order valence-corrected chi connectivity index (χ4v) is 5.42. The van der Waals surface area contributed by atoms with Gasteiger partial charge < -0.3 is 4.74 Å². The Bertz CT molecular complexity index is 502. The lowest BCUT2D eigenvalue weighted by molar-refractivity contribution is -0.109. The van der Waals surface area contributed by atoms with Crippen LogP contribution in [0.25, 0.3) is 0 Å². The van der Waals surface area contributed by atoms with Gasteiger partial charge in [-0.25, -0.2) is 0 Å². The van der Waals surface area contributed by atoms with Crippen LogP contribution in [-0.4, -0.2) is 12.7 Å². The van der Waals surface area contributed by atoms with Crippen LogP contribution in [0.2, 0.25) is 0 Å². The summed E-state index contributed by atoms with van der Waals surface area (Å²) in [6, 6.07) is 11.0. The Hall–Kier alpha value is -1.08. The highest BCUT2D eigenvalue weighted by Crippen LogP contribution is 2.65. The maximum atomic E-state index is 6.01. The van der Waals surface area contributed by atoms with Gasteiger partial charge >= 0.3 is 0 Å². The largest absolute Gasteiger partial charge is 0.374 e. The number of methoxy groups -OCH3 is 1. The Balaban J connectivity index is 1.86. The first-order valence-corrected chi connectivity index (χ1v) is 7.49. The molecule has 0 amide bonds. The summed E-state index contributed by atoms with van der Waals surface area (Å²) in [6.45, 7) is 4.52. The molecule has 1 heteroatoms. The lowest BCUT2D eigenvalue weighted by Crippen LogP contribution is -2.59. The van der Waals surface area contributed by atoms with Crippen molar-refractivity contribution < 1.29 is 4.74 Å². The summed E-state index contributed by atoms with van der Waals surface area (Å²) < 4.78 is 6.01. The molecular formula is C18H22O. The fraction of sp³-hybridized carbons (Fsp3) is 0.556. The first kappa shape index (κ1) is 11.7. The number of ether oxygens (including phenoxy) is 1. The number of rotatable bonds is 2. The zero-order valence-electron chi connectivity index (χ0n) is 11.7. The van der Waals surface area contributed by atoms with Gasteiger partial charge in [0.15, 0.2) is 0 Å². The first-order valence-electron chi connectivity index (χ1n) is 7.49. The first-order chi connectivity index (χ1) is 9.18. The molecule has 19 heavy (non-hydrogen) atoms. The van der Waals surface area contributed by atoms with Crippen molar-refractivity contribution in [1.82, 2.24) is 0 Å². The van der Waals surface area contributed by atoms with Gasteiger partial charge in [-0.2, -0.15) is 0 Å². The van der Waals surface area contributed by atoms with Crippen LogP contribution in [0.15, 0.2) is 42.5 Å². The zero-order chi connectivity index (χ0) is 13.1. The van der Waals surface area contributed by atoms with Crippen LogP contribution in [0.3, 0.4) is 0 Å². The maximum absolute atomic E-state index is 6.01. The van der Waals surface area contributed by atoms with Crippen LogP contribution in [0.5, 0.6) is 0 Å². The molecule has 5 rings (SSSR count). The third-order valence-corrected chi connectivity index (χ3v) is 6.02. The van der Waals surface area contributed by atoms with Crippen molar-refractivity contribution >= 4 is 0 Å². The molecule has 4 bridgehead atoms. The van der Waals surface area contributed by atoms with Crippen molar-refractivity contribution in [2.24, 2.45) is 11.8 Å². The second kappa shape index (κ2) is 3.73. The Morgan fingerprint density at radius 3 is 2.26 bits per heavy atom. The third kappa shape index (κ3) is 1.40. The van der Waals surface area contributed by atoms with Gasteiger partial charge in [0.25, 0.3) is 0 Å². The maximum Gasteiger partial charge on any atom is 0.0899 e. The number of hydrogen-bond acceptors (Lipinski definition) is 1. The molecule has 4 aliphatic rings. The zero-order valence-corrected chi connectivity index (χ0v) is 11.7. The van der Waals surface area contributed by atoms with E-state index in [4.69, 9.17) is 4.74 Å². The smallest absolute Gasteiger partial charge is 0.0899 e. The van der Waals surface area contributed by atoms with Crippen molar-refractivity contribution in [3.63, 3.8) is 0 Å². The van der Waals surface area contributed by atoms with Crippen molar-refractivity contribution in [3.05, 3.63) is 48.0 Å². The third-order valence-electron chi connectivity index (χ3n) is 6.02. The number of hydrogen-bond donors (Lipinski definition) is 0. The van der Waals surface area contributed by atoms with Gasteiger partial charge in [-0.1, -0.05) is 36.9 Å². The van der Waals surface area contributed by atoms with E-state index < -0.39 is 0 Å². The predicted molar refractivity (Wildman–Crippen MR) is 77.1 cm³/mol. The molecule has 1 nitrogen and oxygen atoms in total. The Labute approximate surface area is 115 Å². The van der Waals surface area contributed by atoms with E-state index in [0.29, 0.717) is 0 Å². The van der Waals surface area contributed by atoms with Crippen LogP contribution in [-0.2, 0) is 10.2 Å². The molecule has 1 aromatic rings. The highest BCUT2D eigenvalue weighted by molar-refractivity contribution is 5.45. The second-order valence-corrected chi connectivity index (χ2v) is 6.91. The minimum Gasteiger partial charge on any atom is -0.374 e. The highest BCUT2D eigenvalue weighted by atomic mass is 16.5. The molecule has 0 radical (unpaired) electrons. The summed E-state index contributed by atoms with van der Waals surface area (Å²) in [5, 5.41) is 0. The van der Waals surface area contributed by atoms with Gasteiger partial charge in [-0.05, 0) is 55.1 Å². The topological polar surface area (TPSA) is 9.23 Å². The highest BCUT2D eigenvalue weighted by Gasteiger charge is 2.60. The van der Waals surface area contributed by atoms with Crippen molar-refractivity contribution in [1.29, 1.82) is 0 Å². The van der Waals surface area contributed by atoms with Gasteiger partial charge in [0.2, 0.25) is 0 Å². The average Bonchev–Trinajstić information content (AvgIpc) is 2.45. The van der Waals surface area contributed by atoms with Crippen molar-refractivity contribution in [2.75, 3.05) is 7.11 Å². The molecule has 0 aliphatic heterocycles. The molecule has 100 valence electrons. The summed E-state index contributed by atoms with van der Waals surface area (Å²) >= 11 is 0. The molecule has 0 saturated heterocycles. The van der Waals surface area contributed by atoms with Crippen LogP contribution in [0.4, 0.5) is 0 Å². The standard InChI is InChI=1S/C18H22O/c1-13-17(16-6-4-3-5-7-16)9-14-8-15(10-17)12-18(13,11-14)19-2/h3-7,14-15H,1,8-12H2,2H3. The Kier molecular flexibility index (Phi) is 2.30. The normalized spacial score (nSPS) is 43.7. The summed E-state index contributed by atoms with van der Waals surface area (Å²) in [7, 11) is 1.89. The fourth-order valence-electron chi connectivity index (χ4n) is 5.42. The van der Waals surface area contributed by atoms with E-state index in [2.05, 4.69) is 36.9 Å². The minimum atomic E-state index is -0.0279. The van der Waals surface area contributed by atoms with E-state index >= 15 is 0 Å². The second-order valence-electron chi connectivity index (χ2n) is 6.91. The molecule has 0 spiro atoms. The molecule has 0 heterocycles. The average molecular weight is 254 g/mol. The SMILES string of the molecule is C=C1C2(OC)CC3CC(C2)CC1(c1ccccc1)C3. The lowest BCUT2D eigenvalue weighted by Gasteiger charge is -2.63. The quantitative estimate of drug-likeness (QED) is 0.722. The van der Waals surface area contributed by atoms with Crippen LogP contribution in [0.1, 0.15) is 37.7 Å². The number of benzene rings is 1. The van der Waals surface area contributed by atoms with Gasteiger partial charge in [-0.3, -0.25) is 0 Å². The predicted octanol–water partition coefficient (Wildman–Crippen LogP) is 4.09. The molecule has 2 unspecified atom stereocenters. The molecule has 1 aromatic carbocycles. The summed E-state index contributed by atoms with van der Waals surface area (Å²) in [4.78, 5) is 0. The van der Waals surface area contributed by atoms with E-state index in [1.165, 1.54) is 43.2 Å². The van der Waals surface area contributed by atoms with Gasteiger partial charge in [0.05, 0.1) is 5.60 Å². The summed E-state index contributed by atoms with van der Waals surface area (Å²) in [6.07, 6.45) is 6.39. The van der Waals surface area contributed by atoms with E-state index in [9.17, 15) is 0 Å². The minimum absolute atomic E-state index is 0.0279. The lowest BCUT2D eigenvalue weighted by atomic mass is 9.44. The van der Waals surface area contributed by atoms with Crippen molar-refractivity contribution in [3.8, 4) is 0 Å². The monoisotopic (exact) mass is 254 g/mol. The molecule has 2 atom stereocenters. The van der Waals surface area contributed by atoms with Gasteiger partial charge in [0.1, 0.15) is 0 Å². The Morgan fingerprint density at radius 1 is 1.05 bits per heavy atom.